The van der Waals surface area contributed by atoms with Crippen molar-refractivity contribution in [3.8, 4) is 0 Å². The van der Waals surface area contributed by atoms with Crippen LogP contribution in [-0.4, -0.2) is 17.0 Å². The molecular weight excluding hydrogens is 181 g/mol. The van der Waals surface area contributed by atoms with Crippen molar-refractivity contribution in [2.24, 2.45) is 5.92 Å². The first-order valence-electron chi connectivity index (χ1n) is 4.85. The maximum Gasteiger partial charge on any atom is 0.186 e. The SMILES string of the molecule is CNc1nc(C2CC2C)nc(C)c1F. The Morgan fingerprint density at radius 2 is 2.07 bits per heavy atom. The van der Waals surface area contributed by atoms with Crippen molar-refractivity contribution in [3.05, 3.63) is 17.3 Å². The number of hydrogen-bond acceptors (Lipinski definition) is 3. The molecule has 14 heavy (non-hydrogen) atoms. The molecule has 2 unspecified atom stereocenters. The molecule has 1 fully saturated rings. The molecule has 1 heterocycles. The third-order valence-electron chi connectivity index (χ3n) is 2.71. The Balaban J connectivity index is 2.38. The fourth-order valence-electron chi connectivity index (χ4n) is 1.59. The van der Waals surface area contributed by atoms with E-state index < -0.39 is 0 Å². The van der Waals surface area contributed by atoms with Crippen molar-refractivity contribution < 1.29 is 4.39 Å². The van der Waals surface area contributed by atoms with E-state index in [1.165, 1.54) is 0 Å². The zero-order chi connectivity index (χ0) is 10.3. The van der Waals surface area contributed by atoms with Gasteiger partial charge in [0.25, 0.3) is 0 Å². The van der Waals surface area contributed by atoms with E-state index in [-0.39, 0.29) is 5.82 Å². The van der Waals surface area contributed by atoms with E-state index in [1.54, 1.807) is 14.0 Å². The highest BCUT2D eigenvalue weighted by Crippen LogP contribution is 2.45. The highest BCUT2D eigenvalue weighted by atomic mass is 19.1. The van der Waals surface area contributed by atoms with Crippen LogP contribution < -0.4 is 5.32 Å². The molecule has 2 rings (SSSR count). The molecule has 1 saturated carbocycles. The average Bonchev–Trinajstić information content (AvgIpc) is 2.87. The van der Waals surface area contributed by atoms with Gasteiger partial charge in [0.05, 0.1) is 5.69 Å². The van der Waals surface area contributed by atoms with Crippen molar-refractivity contribution in [2.45, 2.75) is 26.2 Å². The van der Waals surface area contributed by atoms with Crippen LogP contribution in [0.25, 0.3) is 0 Å². The van der Waals surface area contributed by atoms with Crippen LogP contribution in [0.3, 0.4) is 0 Å². The molecule has 1 aromatic rings. The number of anilines is 1. The number of nitrogens with one attached hydrogen (secondary N) is 1. The Labute approximate surface area is 82.8 Å². The van der Waals surface area contributed by atoms with Gasteiger partial charge < -0.3 is 5.32 Å². The molecular formula is C10H14FN3. The smallest absolute Gasteiger partial charge is 0.186 e. The van der Waals surface area contributed by atoms with E-state index in [0.29, 0.717) is 23.3 Å². The first-order valence-corrected chi connectivity index (χ1v) is 4.85. The average molecular weight is 195 g/mol. The van der Waals surface area contributed by atoms with Gasteiger partial charge in [-0.1, -0.05) is 6.92 Å². The molecule has 1 N–H and O–H groups in total. The topological polar surface area (TPSA) is 37.8 Å². The van der Waals surface area contributed by atoms with Gasteiger partial charge in [0.1, 0.15) is 5.82 Å². The van der Waals surface area contributed by atoms with Gasteiger partial charge in [0.2, 0.25) is 0 Å². The van der Waals surface area contributed by atoms with E-state index in [4.69, 9.17) is 0 Å². The van der Waals surface area contributed by atoms with Gasteiger partial charge in [-0.05, 0) is 19.3 Å². The highest BCUT2D eigenvalue weighted by Gasteiger charge is 2.37. The van der Waals surface area contributed by atoms with E-state index >= 15 is 0 Å². The first kappa shape index (κ1) is 9.37. The minimum Gasteiger partial charge on any atom is -0.371 e. The van der Waals surface area contributed by atoms with E-state index in [0.717, 1.165) is 12.2 Å². The number of hydrogen-bond donors (Lipinski definition) is 1. The number of rotatable bonds is 2. The Morgan fingerprint density at radius 1 is 1.43 bits per heavy atom. The summed E-state index contributed by atoms with van der Waals surface area (Å²) < 4.78 is 13.4. The van der Waals surface area contributed by atoms with Gasteiger partial charge >= 0.3 is 0 Å². The summed E-state index contributed by atoms with van der Waals surface area (Å²) in [5.41, 5.74) is 0.429. The van der Waals surface area contributed by atoms with Crippen LogP contribution in [0.5, 0.6) is 0 Å². The summed E-state index contributed by atoms with van der Waals surface area (Å²) in [5, 5.41) is 2.75. The summed E-state index contributed by atoms with van der Waals surface area (Å²) >= 11 is 0. The van der Waals surface area contributed by atoms with Crippen molar-refractivity contribution in [1.82, 2.24) is 9.97 Å². The number of aryl methyl sites for hydroxylation is 1. The normalized spacial score (nSPS) is 24.9. The van der Waals surface area contributed by atoms with Crippen LogP contribution in [0.4, 0.5) is 10.2 Å². The number of halogens is 1. The van der Waals surface area contributed by atoms with Crippen LogP contribution in [0.1, 0.15) is 30.8 Å². The second kappa shape index (κ2) is 3.19. The van der Waals surface area contributed by atoms with Gasteiger partial charge in [-0.15, -0.1) is 0 Å². The van der Waals surface area contributed by atoms with E-state index in [1.807, 2.05) is 0 Å². The lowest BCUT2D eigenvalue weighted by atomic mass is 10.3. The fourth-order valence-corrected chi connectivity index (χ4v) is 1.59. The predicted octanol–water partition coefficient (Wildman–Crippen LogP) is 2.09. The zero-order valence-electron chi connectivity index (χ0n) is 8.63. The van der Waals surface area contributed by atoms with Crippen LogP contribution in [0, 0.1) is 18.7 Å². The molecule has 0 aromatic carbocycles. The minimum absolute atomic E-state index is 0.312. The number of aromatic nitrogens is 2. The molecule has 4 heteroatoms. The van der Waals surface area contributed by atoms with Crippen molar-refractivity contribution >= 4 is 5.82 Å². The second-order valence-electron chi connectivity index (χ2n) is 3.90. The van der Waals surface area contributed by atoms with Crippen LogP contribution >= 0.6 is 0 Å². The zero-order valence-corrected chi connectivity index (χ0v) is 8.63. The van der Waals surface area contributed by atoms with Crippen LogP contribution in [0.15, 0.2) is 0 Å². The number of nitrogens with zero attached hydrogens (tertiary/aromatic N) is 2. The maximum atomic E-state index is 13.4. The molecule has 0 bridgehead atoms. The Morgan fingerprint density at radius 3 is 2.57 bits per heavy atom. The summed E-state index contributed by atoms with van der Waals surface area (Å²) in [5.74, 6) is 1.82. The van der Waals surface area contributed by atoms with Gasteiger partial charge in [-0.3, -0.25) is 0 Å². The lowest BCUT2D eigenvalue weighted by Crippen LogP contribution is -2.05. The summed E-state index contributed by atoms with van der Waals surface area (Å²) in [6.07, 6.45) is 1.12. The van der Waals surface area contributed by atoms with Gasteiger partial charge in [-0.25, -0.2) is 14.4 Å². The summed E-state index contributed by atoms with van der Waals surface area (Å²) in [6.45, 7) is 3.83. The van der Waals surface area contributed by atoms with Gasteiger partial charge in [0, 0.05) is 13.0 Å². The molecule has 1 aliphatic carbocycles. The predicted molar refractivity (Wildman–Crippen MR) is 52.8 cm³/mol. The summed E-state index contributed by atoms with van der Waals surface area (Å²) in [7, 11) is 1.67. The molecule has 3 nitrogen and oxygen atoms in total. The van der Waals surface area contributed by atoms with Crippen molar-refractivity contribution in [1.29, 1.82) is 0 Å². The summed E-state index contributed by atoms with van der Waals surface area (Å²) in [4.78, 5) is 8.33. The monoisotopic (exact) mass is 195 g/mol. The molecule has 76 valence electrons. The standard InChI is InChI=1S/C10H14FN3/c1-5-4-7(5)9-13-6(2)8(11)10(12-3)14-9/h5,7H,4H2,1-3H3,(H,12,13,14). The molecule has 1 aliphatic rings. The summed E-state index contributed by atoms with van der Waals surface area (Å²) in [6, 6.07) is 0. The quantitative estimate of drug-likeness (QED) is 0.785. The third-order valence-corrected chi connectivity index (χ3v) is 2.71. The van der Waals surface area contributed by atoms with Crippen LogP contribution in [-0.2, 0) is 0 Å². The molecule has 1 aromatic heterocycles. The second-order valence-corrected chi connectivity index (χ2v) is 3.90. The Kier molecular flexibility index (Phi) is 2.13. The third kappa shape index (κ3) is 1.45. The molecule has 0 radical (unpaired) electrons. The minimum atomic E-state index is -0.343. The highest BCUT2D eigenvalue weighted by molar-refractivity contribution is 5.38. The largest absolute Gasteiger partial charge is 0.371 e. The molecule has 0 amide bonds. The fraction of sp³-hybridized carbons (Fsp3) is 0.600. The molecule has 0 saturated heterocycles. The first-order chi connectivity index (χ1) is 6.63. The van der Waals surface area contributed by atoms with E-state index in [2.05, 4.69) is 22.2 Å². The molecule has 2 atom stereocenters. The Hall–Kier alpha value is -1.19. The van der Waals surface area contributed by atoms with Crippen molar-refractivity contribution in [2.75, 3.05) is 12.4 Å². The lowest BCUT2D eigenvalue weighted by Gasteiger charge is -2.06. The molecule has 0 aliphatic heterocycles. The van der Waals surface area contributed by atoms with Crippen molar-refractivity contribution in [3.63, 3.8) is 0 Å². The van der Waals surface area contributed by atoms with Gasteiger partial charge in [0.15, 0.2) is 11.6 Å². The Bertz CT molecular complexity index is 365. The lowest BCUT2D eigenvalue weighted by molar-refractivity contribution is 0.600. The van der Waals surface area contributed by atoms with E-state index in [9.17, 15) is 4.39 Å². The maximum absolute atomic E-state index is 13.4. The molecule has 0 spiro atoms. The van der Waals surface area contributed by atoms with Gasteiger partial charge in [-0.2, -0.15) is 0 Å². The van der Waals surface area contributed by atoms with Crippen LogP contribution in [0.2, 0.25) is 0 Å².